The van der Waals surface area contributed by atoms with Crippen molar-refractivity contribution in [1.82, 2.24) is 10.0 Å². The van der Waals surface area contributed by atoms with Crippen LogP contribution in [0.15, 0.2) is 95.9 Å². The summed E-state index contributed by atoms with van der Waals surface area (Å²) in [7, 11) is 1.85. The van der Waals surface area contributed by atoms with Crippen LogP contribution in [-0.2, 0) is 0 Å². The number of hydrogen-bond donors (Lipinski definition) is 2. The molecule has 1 fully saturated rings. The van der Waals surface area contributed by atoms with E-state index in [0.29, 0.717) is 31.8 Å². The summed E-state index contributed by atoms with van der Waals surface area (Å²) in [6.07, 6.45) is 7.41. The van der Waals surface area contributed by atoms with Gasteiger partial charge in [-0.15, -0.1) is 6.58 Å². The lowest BCUT2D eigenvalue weighted by Gasteiger charge is -2.49. The summed E-state index contributed by atoms with van der Waals surface area (Å²) >= 11 is 0. The second-order valence-electron chi connectivity index (χ2n) is 8.71. The van der Waals surface area contributed by atoms with Crippen molar-refractivity contribution in [2.75, 3.05) is 32.0 Å². The predicted octanol–water partition coefficient (Wildman–Crippen LogP) is 6.08. The van der Waals surface area contributed by atoms with Crippen LogP contribution in [0.3, 0.4) is 0 Å². The lowest BCUT2D eigenvalue weighted by Crippen LogP contribution is -2.51. The van der Waals surface area contributed by atoms with Gasteiger partial charge >= 0.3 is 6.18 Å². The number of allylic oxidation sites excluding steroid dienone is 6. The average molecular weight is 489 g/mol. The zero-order chi connectivity index (χ0) is 25.6. The van der Waals surface area contributed by atoms with Crippen molar-refractivity contribution in [2.24, 2.45) is 11.1 Å². The highest BCUT2D eigenvalue weighted by Crippen LogP contribution is 2.46. The van der Waals surface area contributed by atoms with E-state index in [1.807, 2.05) is 25.1 Å². The Hall–Kier alpha value is -3.10. The van der Waals surface area contributed by atoms with Gasteiger partial charge in [-0.1, -0.05) is 23.8 Å². The molecular weight excluding hydrogens is 456 g/mol. The van der Waals surface area contributed by atoms with Crippen LogP contribution < -0.4 is 11.1 Å². The van der Waals surface area contributed by atoms with Crippen molar-refractivity contribution in [3.63, 3.8) is 0 Å². The van der Waals surface area contributed by atoms with Crippen molar-refractivity contribution >= 4 is 5.69 Å². The van der Waals surface area contributed by atoms with Gasteiger partial charge < -0.3 is 16.1 Å². The lowest BCUT2D eigenvalue weighted by atomic mass is 9.68. The third-order valence-corrected chi connectivity index (χ3v) is 6.42. The highest BCUT2D eigenvalue weighted by molar-refractivity contribution is 5.55. The van der Waals surface area contributed by atoms with Gasteiger partial charge in [-0.3, -0.25) is 0 Å². The van der Waals surface area contributed by atoms with E-state index in [9.17, 15) is 17.6 Å². The summed E-state index contributed by atoms with van der Waals surface area (Å²) in [5, 5.41) is 7.38. The second-order valence-corrected chi connectivity index (χ2v) is 8.71. The molecule has 0 saturated carbocycles. The van der Waals surface area contributed by atoms with Crippen LogP contribution in [-0.4, -0.2) is 42.9 Å². The number of hydrazine groups is 1. The predicted molar refractivity (Wildman–Crippen MR) is 133 cm³/mol. The number of alkyl halides is 3. The molecule has 1 unspecified atom stereocenters. The van der Waals surface area contributed by atoms with E-state index in [1.165, 1.54) is 23.8 Å². The molecule has 188 valence electrons. The maximum Gasteiger partial charge on any atom is 0.409 e. The molecule has 2 aliphatic rings. The van der Waals surface area contributed by atoms with Gasteiger partial charge in [0.1, 0.15) is 5.82 Å². The molecule has 1 atom stereocenters. The number of hydrogen-bond acceptors (Lipinski definition) is 4. The first-order valence-electron chi connectivity index (χ1n) is 11.5. The molecule has 1 aliphatic carbocycles. The summed E-state index contributed by atoms with van der Waals surface area (Å²) in [4.78, 5) is 0. The fourth-order valence-corrected chi connectivity index (χ4v) is 4.52. The topological polar surface area (TPSA) is 44.5 Å². The van der Waals surface area contributed by atoms with Gasteiger partial charge in [-0.2, -0.15) is 13.2 Å². The SMILES string of the molecule is C=CC12CC(CN)=C(Nc3ccc(F)cc3)C=C1CCN(N(C)C(/C=C\C)=C/C=C/C(F)(F)F)C2. The molecule has 3 N–H and O–H groups in total. The zero-order valence-corrected chi connectivity index (χ0v) is 20.1. The van der Waals surface area contributed by atoms with Gasteiger partial charge in [-0.25, -0.2) is 9.40 Å². The molecule has 8 heteroatoms. The van der Waals surface area contributed by atoms with Gasteiger partial charge in [0.05, 0.1) is 5.70 Å². The number of nitrogens with one attached hydrogen (secondary N) is 1. The van der Waals surface area contributed by atoms with Crippen molar-refractivity contribution in [1.29, 1.82) is 0 Å². The molecule has 0 amide bonds. The molecule has 1 aromatic carbocycles. The summed E-state index contributed by atoms with van der Waals surface area (Å²) in [6.45, 7) is 7.61. The summed E-state index contributed by atoms with van der Waals surface area (Å²) in [5.41, 5.74) is 10.3. The van der Waals surface area contributed by atoms with Crippen LogP contribution in [0, 0.1) is 11.2 Å². The molecule has 4 nitrogen and oxygen atoms in total. The fraction of sp³-hybridized carbons (Fsp3) is 0.333. The van der Waals surface area contributed by atoms with Crippen LogP contribution in [0.25, 0.3) is 0 Å². The number of likely N-dealkylation sites (N-methyl/N-ethyl adjacent to an activating group) is 1. The van der Waals surface area contributed by atoms with Gasteiger partial charge in [0.25, 0.3) is 0 Å². The first kappa shape index (κ1) is 26.5. The Kier molecular flexibility index (Phi) is 8.40. The molecule has 0 radical (unpaired) electrons. The second kappa shape index (κ2) is 11.1. The Morgan fingerprint density at radius 2 is 2.00 bits per heavy atom. The minimum atomic E-state index is -4.36. The number of halogens is 4. The Labute approximate surface area is 204 Å². The summed E-state index contributed by atoms with van der Waals surface area (Å²) < 4.78 is 51.0. The summed E-state index contributed by atoms with van der Waals surface area (Å²) in [6, 6.07) is 6.18. The number of piperidine rings is 1. The maximum atomic E-state index is 13.3. The number of nitrogens with two attached hydrogens (primary N) is 1. The van der Waals surface area contributed by atoms with Gasteiger partial charge in [-0.05, 0) is 67.8 Å². The van der Waals surface area contributed by atoms with Crippen LogP contribution in [0.5, 0.6) is 0 Å². The van der Waals surface area contributed by atoms with E-state index < -0.39 is 6.18 Å². The quantitative estimate of drug-likeness (QED) is 0.264. The smallest absolute Gasteiger partial charge is 0.356 e. The van der Waals surface area contributed by atoms with Crippen LogP contribution in [0.4, 0.5) is 23.2 Å². The van der Waals surface area contributed by atoms with Crippen molar-refractivity contribution < 1.29 is 17.6 Å². The van der Waals surface area contributed by atoms with E-state index in [2.05, 4.69) is 23.0 Å². The number of benzene rings is 1. The van der Waals surface area contributed by atoms with Gasteiger partial charge in [0, 0.05) is 49.6 Å². The Balaban J connectivity index is 1.84. The van der Waals surface area contributed by atoms with Gasteiger partial charge in [0.15, 0.2) is 0 Å². The van der Waals surface area contributed by atoms with Crippen molar-refractivity contribution in [2.45, 2.75) is 25.9 Å². The molecule has 0 aromatic heterocycles. The number of anilines is 1. The van der Waals surface area contributed by atoms with E-state index in [-0.39, 0.29) is 17.3 Å². The van der Waals surface area contributed by atoms with E-state index in [1.54, 1.807) is 24.3 Å². The standard InChI is InChI=1S/C27H32F4N4/c1-4-7-24(8-6-14-27(29,30)31)34(3)35-15-13-21-16-25(33-23-11-9-22(28)10-12-23)20(18-32)17-26(21,5-2)19-35/h4-12,14,16,33H,2,13,15,17-19,32H2,1,3H3/b7-4-,14-6+,24-8+. The highest BCUT2D eigenvalue weighted by atomic mass is 19.4. The molecule has 0 spiro atoms. The third-order valence-electron chi connectivity index (χ3n) is 6.42. The maximum absolute atomic E-state index is 13.3. The van der Waals surface area contributed by atoms with E-state index >= 15 is 0 Å². The number of nitrogens with zero attached hydrogens (tertiary/aromatic N) is 2. The monoisotopic (exact) mass is 488 g/mol. The van der Waals surface area contributed by atoms with Crippen LogP contribution in [0.2, 0.25) is 0 Å². The minimum absolute atomic E-state index is 0.224. The zero-order valence-electron chi connectivity index (χ0n) is 20.1. The van der Waals surface area contributed by atoms with Gasteiger partial charge in [0.2, 0.25) is 0 Å². The fourth-order valence-electron chi connectivity index (χ4n) is 4.52. The first-order chi connectivity index (χ1) is 16.6. The largest absolute Gasteiger partial charge is 0.409 e. The molecule has 1 saturated heterocycles. The van der Waals surface area contributed by atoms with Crippen LogP contribution in [0.1, 0.15) is 19.8 Å². The Morgan fingerprint density at radius 1 is 1.29 bits per heavy atom. The number of fused-ring (bicyclic) bond motifs is 1. The molecular formula is C27H32F4N4. The Morgan fingerprint density at radius 3 is 2.60 bits per heavy atom. The summed E-state index contributed by atoms with van der Waals surface area (Å²) in [5.74, 6) is -0.298. The van der Waals surface area contributed by atoms with Crippen LogP contribution >= 0.6 is 0 Å². The normalized spacial score (nSPS) is 21.9. The molecule has 1 aromatic rings. The third kappa shape index (κ3) is 6.52. The number of rotatable bonds is 8. The van der Waals surface area contributed by atoms with E-state index in [0.717, 1.165) is 29.5 Å². The first-order valence-corrected chi connectivity index (χ1v) is 11.5. The average Bonchev–Trinajstić information content (AvgIpc) is 2.83. The van der Waals surface area contributed by atoms with Crippen molar-refractivity contribution in [3.05, 3.63) is 102 Å². The Bertz CT molecular complexity index is 1060. The molecule has 1 aliphatic heterocycles. The molecule has 1 heterocycles. The minimum Gasteiger partial charge on any atom is -0.356 e. The molecule has 3 rings (SSSR count). The lowest BCUT2D eigenvalue weighted by molar-refractivity contribution is -0.0798. The van der Waals surface area contributed by atoms with E-state index in [4.69, 9.17) is 5.73 Å². The molecule has 0 bridgehead atoms. The van der Waals surface area contributed by atoms with Crippen molar-refractivity contribution in [3.8, 4) is 0 Å². The highest BCUT2D eigenvalue weighted by Gasteiger charge is 2.41. The molecule has 35 heavy (non-hydrogen) atoms.